The number of hydrogen-bond acceptors (Lipinski definition) is 4. The van der Waals surface area contributed by atoms with E-state index in [-0.39, 0.29) is 11.9 Å². The van der Waals surface area contributed by atoms with Crippen molar-refractivity contribution < 1.29 is 9.21 Å². The number of likely N-dealkylation sites (tertiary alicyclic amines) is 1. The fraction of sp³-hybridized carbons (Fsp3) is 0.500. The fourth-order valence-corrected chi connectivity index (χ4v) is 3.71. The lowest BCUT2D eigenvalue weighted by Gasteiger charge is -2.35. The van der Waals surface area contributed by atoms with Gasteiger partial charge in [-0.1, -0.05) is 13.0 Å². The Balaban J connectivity index is 1.69. The molecule has 2 aromatic rings. The number of furan rings is 1. The van der Waals surface area contributed by atoms with Crippen LogP contribution in [0.5, 0.6) is 0 Å². The normalized spacial score (nSPS) is 18.0. The van der Waals surface area contributed by atoms with E-state index in [0.29, 0.717) is 6.54 Å². The first-order valence-electron chi connectivity index (χ1n) is 8.25. The van der Waals surface area contributed by atoms with Crippen LogP contribution in [0.1, 0.15) is 47.0 Å². The molecule has 23 heavy (non-hydrogen) atoms. The third-order valence-electron chi connectivity index (χ3n) is 4.55. The van der Waals surface area contributed by atoms with Crippen molar-refractivity contribution in [3.63, 3.8) is 0 Å². The summed E-state index contributed by atoms with van der Waals surface area (Å²) in [6.45, 7) is 6.96. The van der Waals surface area contributed by atoms with Crippen molar-refractivity contribution in [2.75, 3.05) is 19.6 Å². The van der Waals surface area contributed by atoms with Crippen LogP contribution in [0, 0.1) is 12.8 Å². The Morgan fingerprint density at radius 2 is 2.17 bits per heavy atom. The zero-order valence-electron chi connectivity index (χ0n) is 13.7. The molecule has 0 radical (unpaired) electrons. The van der Waals surface area contributed by atoms with E-state index in [9.17, 15) is 4.79 Å². The minimum Gasteiger partial charge on any atom is -0.465 e. The number of aryl methyl sites for hydroxylation is 1. The molecule has 3 rings (SSSR count). The highest BCUT2D eigenvalue weighted by atomic mass is 32.1. The van der Waals surface area contributed by atoms with Crippen LogP contribution >= 0.6 is 11.3 Å². The average Bonchev–Trinajstić information content (AvgIpc) is 3.21. The summed E-state index contributed by atoms with van der Waals surface area (Å²) in [6, 6.07) is 7.90. The number of nitrogens with zero attached hydrogens (tertiary/aromatic N) is 1. The zero-order valence-corrected chi connectivity index (χ0v) is 14.6. The van der Waals surface area contributed by atoms with Crippen molar-refractivity contribution in [2.45, 2.75) is 32.7 Å². The number of rotatable bonds is 5. The van der Waals surface area contributed by atoms with E-state index in [1.165, 1.54) is 24.2 Å². The van der Waals surface area contributed by atoms with Gasteiger partial charge in [-0.05, 0) is 62.4 Å². The lowest BCUT2D eigenvalue weighted by Crippen LogP contribution is -2.41. The second-order valence-corrected chi connectivity index (χ2v) is 7.32. The molecule has 3 heterocycles. The number of carbonyl (C=O) groups is 1. The molecule has 5 heteroatoms. The highest BCUT2D eigenvalue weighted by Crippen LogP contribution is 2.27. The molecule has 0 aliphatic carbocycles. The topological polar surface area (TPSA) is 45.5 Å². The molecule has 124 valence electrons. The Kier molecular flexibility index (Phi) is 5.18. The maximum absolute atomic E-state index is 12.2. The highest BCUT2D eigenvalue weighted by molar-refractivity contribution is 7.12. The number of nitrogens with one attached hydrogen (secondary N) is 1. The van der Waals surface area contributed by atoms with Gasteiger partial charge in [0, 0.05) is 6.54 Å². The van der Waals surface area contributed by atoms with E-state index in [0.717, 1.165) is 35.4 Å². The van der Waals surface area contributed by atoms with Crippen molar-refractivity contribution in [3.8, 4) is 0 Å². The summed E-state index contributed by atoms with van der Waals surface area (Å²) in [6.07, 6.45) is 2.41. The molecule has 1 N–H and O–H groups in total. The smallest absolute Gasteiger partial charge is 0.261 e. The second kappa shape index (κ2) is 7.32. The third kappa shape index (κ3) is 4.03. The molecule has 1 aliphatic rings. The Hall–Kier alpha value is -1.59. The first-order chi connectivity index (χ1) is 11.1. The average molecular weight is 332 g/mol. The Morgan fingerprint density at radius 1 is 1.39 bits per heavy atom. The number of thiophene rings is 1. The van der Waals surface area contributed by atoms with E-state index < -0.39 is 0 Å². The van der Waals surface area contributed by atoms with E-state index >= 15 is 0 Å². The standard InChI is InChI=1S/C18H24N2O2S/c1-13-7-9-20(10-8-13)15(16-6-5-14(2)22-16)12-19-18(21)17-4-3-11-23-17/h3-6,11,13,15H,7-10,12H2,1-2H3,(H,19,21). The van der Waals surface area contributed by atoms with Gasteiger partial charge >= 0.3 is 0 Å². The van der Waals surface area contributed by atoms with Crippen LogP contribution in [0.15, 0.2) is 34.1 Å². The lowest BCUT2D eigenvalue weighted by molar-refractivity contribution is 0.0898. The van der Waals surface area contributed by atoms with Gasteiger partial charge in [0.1, 0.15) is 11.5 Å². The molecule has 1 aliphatic heterocycles. The Labute approximate surface area is 141 Å². The zero-order chi connectivity index (χ0) is 16.2. The Morgan fingerprint density at radius 3 is 2.78 bits per heavy atom. The van der Waals surface area contributed by atoms with Gasteiger partial charge in [-0.25, -0.2) is 0 Å². The van der Waals surface area contributed by atoms with Crippen LogP contribution in [-0.4, -0.2) is 30.4 Å². The predicted octanol–water partition coefficient (Wildman–Crippen LogP) is 3.85. The molecule has 1 fully saturated rings. The van der Waals surface area contributed by atoms with Crippen LogP contribution in [0.2, 0.25) is 0 Å². The molecule has 0 saturated carbocycles. The van der Waals surface area contributed by atoms with Gasteiger partial charge < -0.3 is 9.73 Å². The third-order valence-corrected chi connectivity index (χ3v) is 5.42. The molecule has 0 spiro atoms. The summed E-state index contributed by atoms with van der Waals surface area (Å²) >= 11 is 1.47. The molecule has 1 atom stereocenters. The van der Waals surface area contributed by atoms with Crippen LogP contribution < -0.4 is 5.32 Å². The van der Waals surface area contributed by atoms with Gasteiger partial charge in [0.05, 0.1) is 10.9 Å². The number of carbonyl (C=O) groups excluding carboxylic acids is 1. The predicted molar refractivity (Wildman–Crippen MR) is 92.8 cm³/mol. The maximum Gasteiger partial charge on any atom is 0.261 e. The molecule has 1 saturated heterocycles. The molecular formula is C18H24N2O2S. The van der Waals surface area contributed by atoms with Gasteiger partial charge in [0.25, 0.3) is 5.91 Å². The number of piperidine rings is 1. The van der Waals surface area contributed by atoms with Crippen molar-refractivity contribution in [2.24, 2.45) is 5.92 Å². The van der Waals surface area contributed by atoms with Crippen LogP contribution in [0.25, 0.3) is 0 Å². The van der Waals surface area contributed by atoms with Crippen molar-refractivity contribution in [1.82, 2.24) is 10.2 Å². The van der Waals surface area contributed by atoms with E-state index in [4.69, 9.17) is 4.42 Å². The molecular weight excluding hydrogens is 308 g/mol. The minimum atomic E-state index is -0.00124. The molecule has 2 aromatic heterocycles. The first-order valence-corrected chi connectivity index (χ1v) is 9.13. The maximum atomic E-state index is 12.2. The summed E-state index contributed by atoms with van der Waals surface area (Å²) in [7, 11) is 0. The monoisotopic (exact) mass is 332 g/mol. The quantitative estimate of drug-likeness (QED) is 0.904. The molecule has 1 amide bonds. The fourth-order valence-electron chi connectivity index (χ4n) is 3.07. The van der Waals surface area contributed by atoms with E-state index in [1.54, 1.807) is 0 Å². The Bertz CT molecular complexity index is 627. The minimum absolute atomic E-state index is 0.00124. The van der Waals surface area contributed by atoms with Crippen LogP contribution in [0.4, 0.5) is 0 Å². The van der Waals surface area contributed by atoms with E-state index in [1.807, 2.05) is 36.6 Å². The van der Waals surface area contributed by atoms with Gasteiger partial charge in [0.2, 0.25) is 0 Å². The largest absolute Gasteiger partial charge is 0.465 e. The number of amides is 1. The van der Waals surface area contributed by atoms with Crippen molar-refractivity contribution >= 4 is 17.2 Å². The molecule has 1 unspecified atom stereocenters. The second-order valence-electron chi connectivity index (χ2n) is 6.37. The summed E-state index contributed by atoms with van der Waals surface area (Å²) in [5.74, 6) is 2.65. The van der Waals surface area contributed by atoms with Gasteiger partial charge in [0.15, 0.2) is 0 Å². The lowest BCUT2D eigenvalue weighted by atomic mass is 9.97. The molecule has 4 nitrogen and oxygen atoms in total. The summed E-state index contributed by atoms with van der Waals surface area (Å²) < 4.78 is 5.86. The SMILES string of the molecule is Cc1ccc(C(CNC(=O)c2cccs2)N2CCC(C)CC2)o1. The van der Waals surface area contributed by atoms with E-state index in [2.05, 4.69) is 17.1 Å². The summed E-state index contributed by atoms with van der Waals surface area (Å²) in [5, 5.41) is 5.00. The number of hydrogen-bond donors (Lipinski definition) is 1. The van der Waals surface area contributed by atoms with Gasteiger partial charge in [-0.3, -0.25) is 9.69 Å². The highest BCUT2D eigenvalue weighted by Gasteiger charge is 2.27. The van der Waals surface area contributed by atoms with Crippen molar-refractivity contribution in [3.05, 3.63) is 46.0 Å². The summed E-state index contributed by atoms with van der Waals surface area (Å²) in [4.78, 5) is 15.4. The van der Waals surface area contributed by atoms with Gasteiger partial charge in [-0.15, -0.1) is 11.3 Å². The molecule has 0 aromatic carbocycles. The van der Waals surface area contributed by atoms with Crippen LogP contribution in [0.3, 0.4) is 0 Å². The molecule has 0 bridgehead atoms. The van der Waals surface area contributed by atoms with Crippen LogP contribution in [-0.2, 0) is 0 Å². The van der Waals surface area contributed by atoms with Gasteiger partial charge in [-0.2, -0.15) is 0 Å². The first kappa shape index (κ1) is 16.3. The summed E-state index contributed by atoms with van der Waals surface area (Å²) in [5.41, 5.74) is 0. The van der Waals surface area contributed by atoms with Crippen molar-refractivity contribution in [1.29, 1.82) is 0 Å².